The van der Waals surface area contributed by atoms with Crippen molar-refractivity contribution in [3.63, 3.8) is 0 Å². The van der Waals surface area contributed by atoms with Crippen molar-refractivity contribution in [2.45, 2.75) is 19.4 Å². The minimum atomic E-state index is -1.10. The van der Waals surface area contributed by atoms with Gasteiger partial charge >= 0.3 is 0 Å². The van der Waals surface area contributed by atoms with Crippen molar-refractivity contribution in [1.29, 1.82) is 0 Å². The summed E-state index contributed by atoms with van der Waals surface area (Å²) in [7, 11) is 0. The molecule has 2 amide bonds. The molecule has 1 aromatic rings. The maximum Gasteiger partial charge on any atom is 0.251 e. The Hall–Kier alpha value is -1.76. The standard InChI is InChI=1S/C10H10ClFN4O2/c1-10(2)8(18)14-6(17)4-16(10)7-5(12)3-13-9(11)15-7/h3H,4H2,1-2H3,(H,14,17,18). The Morgan fingerprint density at radius 2 is 2.17 bits per heavy atom. The predicted octanol–water partition coefficient (Wildman–Crippen LogP) is 0.510. The first-order chi connectivity index (χ1) is 8.32. The summed E-state index contributed by atoms with van der Waals surface area (Å²) in [5.41, 5.74) is -1.10. The SMILES string of the molecule is CC1(C)C(=O)NC(=O)CN1c1nc(Cl)ncc1F. The second-order valence-corrected chi connectivity index (χ2v) is 4.67. The molecule has 0 bridgehead atoms. The molecule has 0 saturated carbocycles. The Bertz CT molecular complexity index is 535. The molecule has 18 heavy (non-hydrogen) atoms. The molecule has 1 aliphatic rings. The first-order valence-electron chi connectivity index (χ1n) is 5.12. The zero-order valence-electron chi connectivity index (χ0n) is 9.70. The van der Waals surface area contributed by atoms with Crippen LogP contribution in [0.5, 0.6) is 0 Å². The van der Waals surface area contributed by atoms with E-state index in [0.717, 1.165) is 6.20 Å². The molecule has 1 aliphatic heterocycles. The lowest BCUT2D eigenvalue weighted by Gasteiger charge is -2.40. The molecule has 1 saturated heterocycles. The number of nitrogens with one attached hydrogen (secondary N) is 1. The molecular formula is C10H10ClFN4O2. The molecule has 8 heteroatoms. The highest BCUT2D eigenvalue weighted by Crippen LogP contribution is 2.27. The van der Waals surface area contributed by atoms with E-state index in [-0.39, 0.29) is 17.6 Å². The number of carbonyl (C=O) groups excluding carboxylic acids is 2. The van der Waals surface area contributed by atoms with Crippen molar-refractivity contribution in [2.24, 2.45) is 0 Å². The fourth-order valence-corrected chi connectivity index (χ4v) is 1.78. The molecule has 0 unspecified atom stereocenters. The summed E-state index contributed by atoms with van der Waals surface area (Å²) in [4.78, 5) is 31.6. The molecule has 0 aliphatic carbocycles. The lowest BCUT2D eigenvalue weighted by Crippen LogP contribution is -2.64. The Morgan fingerprint density at radius 3 is 2.83 bits per heavy atom. The zero-order valence-corrected chi connectivity index (χ0v) is 10.5. The lowest BCUT2D eigenvalue weighted by atomic mass is 9.99. The maximum atomic E-state index is 13.7. The minimum Gasteiger partial charge on any atom is -0.331 e. The van der Waals surface area contributed by atoms with E-state index in [2.05, 4.69) is 15.3 Å². The van der Waals surface area contributed by atoms with Gasteiger partial charge in [0.25, 0.3) is 5.91 Å². The number of piperazine rings is 1. The van der Waals surface area contributed by atoms with Crippen LogP contribution in [0, 0.1) is 5.82 Å². The number of rotatable bonds is 1. The van der Waals surface area contributed by atoms with Crippen LogP contribution in [0.2, 0.25) is 5.28 Å². The molecule has 1 aromatic heterocycles. The smallest absolute Gasteiger partial charge is 0.251 e. The van der Waals surface area contributed by atoms with Crippen LogP contribution in [0.4, 0.5) is 10.2 Å². The van der Waals surface area contributed by atoms with Crippen LogP contribution in [0.1, 0.15) is 13.8 Å². The largest absolute Gasteiger partial charge is 0.331 e. The summed E-state index contributed by atoms with van der Waals surface area (Å²) in [5, 5.41) is 2.03. The number of imide groups is 1. The first kappa shape index (κ1) is 12.7. The fourth-order valence-electron chi connectivity index (χ4n) is 1.65. The van der Waals surface area contributed by atoms with Crippen molar-refractivity contribution in [2.75, 3.05) is 11.4 Å². The fraction of sp³-hybridized carbons (Fsp3) is 0.400. The predicted molar refractivity (Wildman–Crippen MR) is 61.6 cm³/mol. The van der Waals surface area contributed by atoms with Crippen LogP contribution >= 0.6 is 11.6 Å². The van der Waals surface area contributed by atoms with Gasteiger partial charge in [0.1, 0.15) is 5.54 Å². The van der Waals surface area contributed by atoms with Crippen molar-refractivity contribution in [3.8, 4) is 0 Å². The van der Waals surface area contributed by atoms with Gasteiger partial charge in [-0.05, 0) is 25.4 Å². The van der Waals surface area contributed by atoms with Crippen LogP contribution in [0.3, 0.4) is 0 Å². The number of amides is 2. The van der Waals surface area contributed by atoms with Gasteiger partial charge in [-0.25, -0.2) is 9.37 Å². The monoisotopic (exact) mass is 272 g/mol. The van der Waals surface area contributed by atoms with E-state index in [9.17, 15) is 14.0 Å². The average Bonchev–Trinajstić information content (AvgIpc) is 2.27. The number of hydrogen-bond donors (Lipinski definition) is 1. The normalized spacial score (nSPS) is 18.8. The number of aromatic nitrogens is 2. The Balaban J connectivity index is 2.50. The van der Waals surface area contributed by atoms with Gasteiger partial charge in [-0.3, -0.25) is 14.9 Å². The minimum absolute atomic E-state index is 0.152. The van der Waals surface area contributed by atoms with E-state index < -0.39 is 23.2 Å². The van der Waals surface area contributed by atoms with E-state index in [0.29, 0.717) is 0 Å². The Labute approximate surface area is 107 Å². The molecule has 96 valence electrons. The van der Waals surface area contributed by atoms with Gasteiger partial charge in [-0.1, -0.05) is 0 Å². The van der Waals surface area contributed by atoms with Crippen LogP contribution in [-0.2, 0) is 9.59 Å². The molecule has 0 aromatic carbocycles. The van der Waals surface area contributed by atoms with Gasteiger partial charge in [-0.2, -0.15) is 4.98 Å². The molecule has 0 radical (unpaired) electrons. The summed E-state index contributed by atoms with van der Waals surface area (Å²) in [6.45, 7) is 2.94. The first-order valence-corrected chi connectivity index (χ1v) is 5.50. The maximum absolute atomic E-state index is 13.7. The Morgan fingerprint density at radius 1 is 1.50 bits per heavy atom. The molecule has 1 fully saturated rings. The molecule has 2 heterocycles. The summed E-state index contributed by atoms with van der Waals surface area (Å²) >= 11 is 5.60. The van der Waals surface area contributed by atoms with E-state index >= 15 is 0 Å². The van der Waals surface area contributed by atoms with Gasteiger partial charge in [0, 0.05) is 0 Å². The summed E-state index contributed by atoms with van der Waals surface area (Å²) < 4.78 is 13.7. The average molecular weight is 273 g/mol. The van der Waals surface area contributed by atoms with E-state index in [1.807, 2.05) is 0 Å². The summed E-state index contributed by atoms with van der Waals surface area (Å²) in [5.74, 6) is -1.94. The molecule has 6 nitrogen and oxygen atoms in total. The highest BCUT2D eigenvalue weighted by Gasteiger charge is 2.42. The van der Waals surface area contributed by atoms with E-state index in [1.165, 1.54) is 4.90 Å². The van der Waals surface area contributed by atoms with Crippen LogP contribution in [0.25, 0.3) is 0 Å². The third-order valence-corrected chi connectivity index (χ3v) is 2.92. The second-order valence-electron chi connectivity index (χ2n) is 4.33. The van der Waals surface area contributed by atoms with Gasteiger partial charge in [0.2, 0.25) is 11.2 Å². The number of anilines is 1. The van der Waals surface area contributed by atoms with Crippen molar-refractivity contribution in [1.82, 2.24) is 15.3 Å². The Kier molecular flexibility index (Phi) is 2.94. The van der Waals surface area contributed by atoms with Gasteiger partial charge in [0.05, 0.1) is 12.7 Å². The van der Waals surface area contributed by atoms with Crippen LogP contribution < -0.4 is 10.2 Å². The topological polar surface area (TPSA) is 75.2 Å². The lowest BCUT2D eigenvalue weighted by molar-refractivity contribution is -0.135. The third kappa shape index (κ3) is 2.01. The molecule has 0 spiro atoms. The van der Waals surface area contributed by atoms with Crippen LogP contribution in [-0.4, -0.2) is 33.9 Å². The quantitative estimate of drug-likeness (QED) is 0.596. The van der Waals surface area contributed by atoms with Gasteiger partial charge < -0.3 is 4.90 Å². The number of hydrogen-bond acceptors (Lipinski definition) is 5. The number of carbonyl (C=O) groups is 2. The second kappa shape index (κ2) is 4.16. The highest BCUT2D eigenvalue weighted by molar-refractivity contribution is 6.28. The van der Waals surface area contributed by atoms with Crippen molar-refractivity contribution >= 4 is 29.2 Å². The van der Waals surface area contributed by atoms with Gasteiger partial charge in [-0.15, -0.1) is 0 Å². The van der Waals surface area contributed by atoms with Crippen molar-refractivity contribution < 1.29 is 14.0 Å². The van der Waals surface area contributed by atoms with Crippen molar-refractivity contribution in [3.05, 3.63) is 17.3 Å². The molecular weight excluding hydrogens is 263 g/mol. The number of halogens is 2. The van der Waals surface area contributed by atoms with Crippen LogP contribution in [0.15, 0.2) is 6.20 Å². The molecule has 1 N–H and O–H groups in total. The number of nitrogens with zero attached hydrogens (tertiary/aromatic N) is 3. The van der Waals surface area contributed by atoms with E-state index in [4.69, 9.17) is 11.6 Å². The highest BCUT2D eigenvalue weighted by atomic mass is 35.5. The summed E-state index contributed by atoms with van der Waals surface area (Å²) in [6, 6.07) is 0. The molecule has 0 atom stereocenters. The molecule has 2 rings (SSSR count). The zero-order chi connectivity index (χ0) is 13.5. The van der Waals surface area contributed by atoms with E-state index in [1.54, 1.807) is 13.8 Å². The van der Waals surface area contributed by atoms with Gasteiger partial charge in [0.15, 0.2) is 11.6 Å². The third-order valence-electron chi connectivity index (χ3n) is 2.74. The summed E-state index contributed by atoms with van der Waals surface area (Å²) in [6.07, 6.45) is 0.901.